The Balaban J connectivity index is 1.61. The van der Waals surface area contributed by atoms with Crippen LogP contribution in [-0.2, 0) is 22.7 Å². The first-order valence-corrected chi connectivity index (χ1v) is 7.37. The molecule has 0 unspecified atom stereocenters. The summed E-state index contributed by atoms with van der Waals surface area (Å²) < 4.78 is 5.28. The van der Waals surface area contributed by atoms with Crippen LogP contribution in [0.25, 0.3) is 0 Å². The van der Waals surface area contributed by atoms with Gasteiger partial charge in [0.25, 0.3) is 0 Å². The number of benzene rings is 1. The van der Waals surface area contributed by atoms with E-state index in [-0.39, 0.29) is 11.8 Å². The number of nitrogens with one attached hydrogen (secondary N) is 1. The average molecular weight is 298 g/mol. The van der Waals surface area contributed by atoms with Crippen molar-refractivity contribution in [2.45, 2.75) is 32.0 Å². The zero-order chi connectivity index (χ0) is 15.4. The molecule has 0 spiro atoms. The Hall–Kier alpha value is -2.56. The zero-order valence-electron chi connectivity index (χ0n) is 12.2. The van der Waals surface area contributed by atoms with Crippen molar-refractivity contribution in [2.75, 3.05) is 0 Å². The van der Waals surface area contributed by atoms with E-state index in [1.807, 2.05) is 36.4 Å². The maximum Gasteiger partial charge on any atom is 0.243 e. The molecule has 1 aliphatic heterocycles. The normalized spacial score (nSPS) is 17.7. The molecule has 0 bridgehead atoms. The van der Waals surface area contributed by atoms with Gasteiger partial charge in [-0.05, 0) is 24.1 Å². The lowest BCUT2D eigenvalue weighted by molar-refractivity contribution is -0.136. The van der Waals surface area contributed by atoms with Crippen molar-refractivity contribution in [2.24, 2.45) is 0 Å². The third-order valence-electron chi connectivity index (χ3n) is 3.85. The van der Waals surface area contributed by atoms with Gasteiger partial charge in [-0.3, -0.25) is 9.59 Å². The molecule has 0 aliphatic carbocycles. The molecule has 3 rings (SSSR count). The number of hydrogen-bond acceptors (Lipinski definition) is 3. The number of furan rings is 1. The van der Waals surface area contributed by atoms with Gasteiger partial charge in [0.05, 0.1) is 12.8 Å². The van der Waals surface area contributed by atoms with Gasteiger partial charge in [0.2, 0.25) is 11.8 Å². The average Bonchev–Trinajstić information content (AvgIpc) is 3.17. The molecule has 1 fully saturated rings. The van der Waals surface area contributed by atoms with Gasteiger partial charge in [-0.25, -0.2) is 0 Å². The highest BCUT2D eigenvalue weighted by Crippen LogP contribution is 2.22. The Morgan fingerprint density at radius 2 is 2.05 bits per heavy atom. The Morgan fingerprint density at radius 3 is 2.77 bits per heavy atom. The predicted molar refractivity (Wildman–Crippen MR) is 80.6 cm³/mol. The standard InChI is InChI=1S/C17H18N2O3/c20-16-9-8-15(19(16)12-14-7-4-10-22-14)17(21)18-11-13-5-2-1-3-6-13/h1-7,10,15H,8-9,11-12H2,(H,18,21)/t15-/m0/s1. The molecule has 1 aromatic carbocycles. The van der Waals surface area contributed by atoms with E-state index in [9.17, 15) is 9.59 Å². The summed E-state index contributed by atoms with van der Waals surface area (Å²) in [4.78, 5) is 26.0. The van der Waals surface area contributed by atoms with Gasteiger partial charge in [0, 0.05) is 13.0 Å². The van der Waals surface area contributed by atoms with Crippen molar-refractivity contribution < 1.29 is 14.0 Å². The lowest BCUT2D eigenvalue weighted by Gasteiger charge is -2.23. The summed E-state index contributed by atoms with van der Waals surface area (Å²) in [5.41, 5.74) is 1.04. The molecule has 0 radical (unpaired) electrons. The van der Waals surface area contributed by atoms with Gasteiger partial charge < -0.3 is 14.6 Å². The summed E-state index contributed by atoms with van der Waals surface area (Å²) >= 11 is 0. The Bertz CT molecular complexity index is 637. The fourth-order valence-electron chi connectivity index (χ4n) is 2.68. The van der Waals surface area contributed by atoms with Crippen LogP contribution in [0.3, 0.4) is 0 Å². The quantitative estimate of drug-likeness (QED) is 0.919. The van der Waals surface area contributed by atoms with Crippen molar-refractivity contribution in [1.29, 1.82) is 0 Å². The highest BCUT2D eigenvalue weighted by molar-refractivity contribution is 5.90. The van der Waals surface area contributed by atoms with Crippen LogP contribution < -0.4 is 5.32 Å². The van der Waals surface area contributed by atoms with Crippen LogP contribution in [0.1, 0.15) is 24.2 Å². The molecule has 1 N–H and O–H groups in total. The van der Waals surface area contributed by atoms with E-state index < -0.39 is 6.04 Å². The Kier molecular flexibility index (Phi) is 4.23. The summed E-state index contributed by atoms with van der Waals surface area (Å²) in [7, 11) is 0. The molecular weight excluding hydrogens is 280 g/mol. The van der Waals surface area contributed by atoms with E-state index in [1.165, 1.54) is 0 Å². The number of amides is 2. The fraction of sp³-hybridized carbons (Fsp3) is 0.294. The van der Waals surface area contributed by atoms with Gasteiger partial charge in [-0.1, -0.05) is 30.3 Å². The molecule has 1 saturated heterocycles. The van der Waals surface area contributed by atoms with E-state index in [2.05, 4.69) is 5.32 Å². The largest absolute Gasteiger partial charge is 0.467 e. The second kappa shape index (κ2) is 6.47. The van der Waals surface area contributed by atoms with Gasteiger partial charge >= 0.3 is 0 Å². The summed E-state index contributed by atoms with van der Waals surface area (Å²) in [6, 6.07) is 12.9. The van der Waals surface area contributed by atoms with Crippen LogP contribution in [0, 0.1) is 0 Å². The van der Waals surface area contributed by atoms with Gasteiger partial charge in [-0.15, -0.1) is 0 Å². The van der Waals surface area contributed by atoms with E-state index in [0.29, 0.717) is 31.7 Å². The number of hydrogen-bond donors (Lipinski definition) is 1. The molecule has 1 aromatic heterocycles. The molecule has 5 heteroatoms. The zero-order valence-corrected chi connectivity index (χ0v) is 12.2. The van der Waals surface area contributed by atoms with Gasteiger partial charge in [0.15, 0.2) is 0 Å². The lowest BCUT2D eigenvalue weighted by Crippen LogP contribution is -2.44. The summed E-state index contributed by atoms with van der Waals surface area (Å²) in [6.07, 6.45) is 2.53. The molecular formula is C17H18N2O3. The van der Waals surface area contributed by atoms with Gasteiger partial charge in [0.1, 0.15) is 11.8 Å². The third-order valence-corrected chi connectivity index (χ3v) is 3.85. The highest BCUT2D eigenvalue weighted by atomic mass is 16.3. The van der Waals surface area contributed by atoms with Crippen LogP contribution in [-0.4, -0.2) is 22.8 Å². The molecule has 2 amide bonds. The van der Waals surface area contributed by atoms with E-state index in [0.717, 1.165) is 5.56 Å². The topological polar surface area (TPSA) is 62.6 Å². The minimum absolute atomic E-state index is 0.00346. The number of rotatable bonds is 5. The first-order chi connectivity index (χ1) is 10.7. The summed E-state index contributed by atoms with van der Waals surface area (Å²) in [5, 5.41) is 2.91. The molecule has 114 valence electrons. The summed E-state index contributed by atoms with van der Waals surface area (Å²) in [6.45, 7) is 0.814. The van der Waals surface area contributed by atoms with Crippen LogP contribution in [0.5, 0.6) is 0 Å². The van der Waals surface area contributed by atoms with E-state index in [4.69, 9.17) is 4.42 Å². The predicted octanol–water partition coefficient (Wildman–Crippen LogP) is 2.09. The van der Waals surface area contributed by atoms with Crippen molar-refractivity contribution >= 4 is 11.8 Å². The van der Waals surface area contributed by atoms with Crippen LogP contribution in [0.2, 0.25) is 0 Å². The number of carbonyl (C=O) groups excluding carboxylic acids is 2. The molecule has 2 heterocycles. The second-order valence-electron chi connectivity index (χ2n) is 5.36. The number of nitrogens with zero attached hydrogens (tertiary/aromatic N) is 1. The molecule has 1 atom stereocenters. The lowest BCUT2D eigenvalue weighted by atomic mass is 10.2. The monoisotopic (exact) mass is 298 g/mol. The third kappa shape index (κ3) is 3.19. The molecule has 2 aromatic rings. The first-order valence-electron chi connectivity index (χ1n) is 7.37. The number of likely N-dealkylation sites (tertiary alicyclic amines) is 1. The highest BCUT2D eigenvalue weighted by Gasteiger charge is 2.36. The maximum atomic E-state index is 12.4. The van der Waals surface area contributed by atoms with Crippen LogP contribution in [0.4, 0.5) is 0 Å². The second-order valence-corrected chi connectivity index (χ2v) is 5.36. The molecule has 0 saturated carbocycles. The van der Waals surface area contributed by atoms with Crippen molar-refractivity contribution in [3.05, 3.63) is 60.1 Å². The number of carbonyl (C=O) groups is 2. The SMILES string of the molecule is O=C(NCc1ccccc1)[C@@H]1CCC(=O)N1Cc1ccco1. The molecule has 5 nitrogen and oxygen atoms in total. The van der Waals surface area contributed by atoms with E-state index in [1.54, 1.807) is 17.2 Å². The van der Waals surface area contributed by atoms with E-state index >= 15 is 0 Å². The van der Waals surface area contributed by atoms with Crippen molar-refractivity contribution in [3.8, 4) is 0 Å². The first kappa shape index (κ1) is 14.4. The molecule has 22 heavy (non-hydrogen) atoms. The Labute approximate surface area is 128 Å². The van der Waals surface area contributed by atoms with Gasteiger partial charge in [-0.2, -0.15) is 0 Å². The van der Waals surface area contributed by atoms with Crippen molar-refractivity contribution in [1.82, 2.24) is 10.2 Å². The summed E-state index contributed by atoms with van der Waals surface area (Å²) in [5.74, 6) is 0.577. The minimum Gasteiger partial charge on any atom is -0.467 e. The van der Waals surface area contributed by atoms with Crippen LogP contribution >= 0.6 is 0 Å². The molecule has 1 aliphatic rings. The maximum absolute atomic E-state index is 12.4. The Morgan fingerprint density at radius 1 is 1.23 bits per heavy atom. The fourth-order valence-corrected chi connectivity index (χ4v) is 2.68. The smallest absolute Gasteiger partial charge is 0.243 e. The van der Waals surface area contributed by atoms with Crippen LogP contribution in [0.15, 0.2) is 53.1 Å². The van der Waals surface area contributed by atoms with Crippen molar-refractivity contribution in [3.63, 3.8) is 0 Å². The minimum atomic E-state index is -0.415.